The van der Waals surface area contributed by atoms with E-state index in [0.29, 0.717) is 5.92 Å². The van der Waals surface area contributed by atoms with Crippen LogP contribution in [0.1, 0.15) is 23.8 Å². The second kappa shape index (κ2) is 4.87. The maximum Gasteiger partial charge on any atom is 0.0982 e. The van der Waals surface area contributed by atoms with Gasteiger partial charge in [0.2, 0.25) is 0 Å². The molecule has 0 spiro atoms. The van der Waals surface area contributed by atoms with Gasteiger partial charge in [-0.15, -0.1) is 11.3 Å². The minimum atomic E-state index is 0.222. The second-order valence-electron chi connectivity index (χ2n) is 3.77. The van der Waals surface area contributed by atoms with Crippen molar-refractivity contribution >= 4 is 11.3 Å². The molecule has 0 aromatic carbocycles. The molecule has 78 valence electrons. The van der Waals surface area contributed by atoms with E-state index in [0.717, 1.165) is 18.1 Å². The van der Waals surface area contributed by atoms with Crippen LogP contribution in [0.25, 0.3) is 0 Å². The van der Waals surface area contributed by atoms with Crippen molar-refractivity contribution < 1.29 is 5.11 Å². The summed E-state index contributed by atoms with van der Waals surface area (Å²) in [5.74, 6) is 0.794. The van der Waals surface area contributed by atoms with Gasteiger partial charge in [0, 0.05) is 17.5 Å². The molecule has 0 aliphatic carbocycles. The van der Waals surface area contributed by atoms with Crippen LogP contribution in [0, 0.1) is 5.92 Å². The van der Waals surface area contributed by atoms with E-state index in [2.05, 4.69) is 10.3 Å². The quantitative estimate of drug-likeness (QED) is 0.792. The highest BCUT2D eigenvalue weighted by atomic mass is 32.1. The molecule has 1 saturated heterocycles. The van der Waals surface area contributed by atoms with Crippen LogP contribution >= 0.6 is 11.3 Å². The SMILES string of the molecule is OCC(c1nccs1)C1CCCNC1. The Hall–Kier alpha value is -0.450. The van der Waals surface area contributed by atoms with E-state index in [4.69, 9.17) is 0 Å². The third-order valence-electron chi connectivity index (χ3n) is 2.87. The fraction of sp³-hybridized carbons (Fsp3) is 0.700. The first kappa shape index (κ1) is 10.1. The lowest BCUT2D eigenvalue weighted by atomic mass is 9.87. The van der Waals surface area contributed by atoms with Crippen LogP contribution in [0.3, 0.4) is 0 Å². The van der Waals surface area contributed by atoms with E-state index < -0.39 is 0 Å². The summed E-state index contributed by atoms with van der Waals surface area (Å²) in [7, 11) is 0. The van der Waals surface area contributed by atoms with Gasteiger partial charge in [-0.05, 0) is 31.8 Å². The number of aliphatic hydroxyl groups excluding tert-OH is 1. The maximum absolute atomic E-state index is 9.39. The molecule has 14 heavy (non-hydrogen) atoms. The lowest BCUT2D eigenvalue weighted by Crippen LogP contribution is -2.34. The molecule has 1 aliphatic heterocycles. The molecule has 2 heterocycles. The fourth-order valence-electron chi connectivity index (χ4n) is 2.07. The smallest absolute Gasteiger partial charge is 0.0982 e. The van der Waals surface area contributed by atoms with Gasteiger partial charge in [0.15, 0.2) is 0 Å². The van der Waals surface area contributed by atoms with Crippen molar-refractivity contribution in [2.75, 3.05) is 19.7 Å². The summed E-state index contributed by atoms with van der Waals surface area (Å²) in [5, 5.41) is 15.8. The Balaban J connectivity index is 2.04. The van der Waals surface area contributed by atoms with Crippen LogP contribution in [-0.4, -0.2) is 29.8 Å². The molecule has 2 unspecified atom stereocenters. The van der Waals surface area contributed by atoms with Crippen molar-refractivity contribution in [3.63, 3.8) is 0 Å². The summed E-state index contributed by atoms with van der Waals surface area (Å²) in [6, 6.07) is 0. The standard InChI is InChI=1S/C10H16N2OS/c13-7-9(10-12-4-5-14-10)8-2-1-3-11-6-8/h4-5,8-9,11,13H,1-3,6-7H2. The Bertz CT molecular complexity index is 257. The van der Waals surface area contributed by atoms with Crippen LogP contribution in [0.4, 0.5) is 0 Å². The molecular formula is C10H16N2OS. The molecule has 0 radical (unpaired) electrons. The Kier molecular flexibility index (Phi) is 3.50. The van der Waals surface area contributed by atoms with E-state index in [-0.39, 0.29) is 12.5 Å². The summed E-state index contributed by atoms with van der Waals surface area (Å²) in [5.41, 5.74) is 0. The van der Waals surface area contributed by atoms with Crippen molar-refractivity contribution in [2.45, 2.75) is 18.8 Å². The molecule has 3 nitrogen and oxygen atoms in total. The number of thiazole rings is 1. The highest BCUT2D eigenvalue weighted by Gasteiger charge is 2.25. The molecule has 2 atom stereocenters. The molecule has 1 fully saturated rings. The van der Waals surface area contributed by atoms with Gasteiger partial charge in [-0.2, -0.15) is 0 Å². The average molecular weight is 212 g/mol. The number of aromatic nitrogens is 1. The lowest BCUT2D eigenvalue weighted by molar-refractivity contribution is 0.203. The highest BCUT2D eigenvalue weighted by Crippen LogP contribution is 2.30. The molecule has 0 amide bonds. The Morgan fingerprint density at radius 3 is 3.21 bits per heavy atom. The second-order valence-corrected chi connectivity index (χ2v) is 4.69. The molecule has 1 aliphatic rings. The van der Waals surface area contributed by atoms with E-state index in [9.17, 15) is 5.11 Å². The molecule has 4 heteroatoms. The monoisotopic (exact) mass is 212 g/mol. The number of nitrogens with zero attached hydrogens (tertiary/aromatic N) is 1. The molecule has 2 N–H and O–H groups in total. The zero-order chi connectivity index (χ0) is 9.80. The summed E-state index contributed by atoms with van der Waals surface area (Å²) in [4.78, 5) is 4.29. The van der Waals surface area contributed by atoms with Crippen molar-refractivity contribution in [2.24, 2.45) is 5.92 Å². The van der Waals surface area contributed by atoms with Crippen molar-refractivity contribution in [1.29, 1.82) is 0 Å². The van der Waals surface area contributed by atoms with Crippen LogP contribution in [0.2, 0.25) is 0 Å². The first-order valence-corrected chi connectivity index (χ1v) is 6.00. The summed E-state index contributed by atoms with van der Waals surface area (Å²) in [6.45, 7) is 2.36. The first-order chi connectivity index (χ1) is 6.92. The van der Waals surface area contributed by atoms with Crippen molar-refractivity contribution in [3.05, 3.63) is 16.6 Å². The number of rotatable bonds is 3. The largest absolute Gasteiger partial charge is 0.396 e. The lowest BCUT2D eigenvalue weighted by Gasteiger charge is -2.28. The van der Waals surface area contributed by atoms with Gasteiger partial charge in [0.1, 0.15) is 0 Å². The van der Waals surface area contributed by atoms with Gasteiger partial charge in [0.25, 0.3) is 0 Å². The zero-order valence-corrected chi connectivity index (χ0v) is 8.96. The minimum absolute atomic E-state index is 0.222. The van der Waals surface area contributed by atoms with Crippen molar-refractivity contribution in [1.82, 2.24) is 10.3 Å². The number of hydrogen-bond acceptors (Lipinski definition) is 4. The van der Waals surface area contributed by atoms with E-state index in [1.807, 2.05) is 11.6 Å². The topological polar surface area (TPSA) is 45.2 Å². The van der Waals surface area contributed by atoms with Gasteiger partial charge < -0.3 is 10.4 Å². The highest BCUT2D eigenvalue weighted by molar-refractivity contribution is 7.09. The van der Waals surface area contributed by atoms with Gasteiger partial charge in [-0.25, -0.2) is 4.98 Å². The van der Waals surface area contributed by atoms with Crippen LogP contribution in [0.15, 0.2) is 11.6 Å². The third-order valence-corrected chi connectivity index (χ3v) is 3.78. The Morgan fingerprint density at radius 1 is 1.71 bits per heavy atom. The summed E-state index contributed by atoms with van der Waals surface area (Å²) in [6.07, 6.45) is 4.24. The number of aliphatic hydroxyl groups is 1. The van der Waals surface area contributed by atoms with Crippen LogP contribution in [0.5, 0.6) is 0 Å². The number of hydrogen-bond donors (Lipinski definition) is 2. The first-order valence-electron chi connectivity index (χ1n) is 5.13. The fourth-order valence-corrected chi connectivity index (χ4v) is 2.89. The van der Waals surface area contributed by atoms with Gasteiger partial charge >= 0.3 is 0 Å². The van der Waals surface area contributed by atoms with E-state index >= 15 is 0 Å². The molecule has 1 aromatic heterocycles. The molecule has 0 bridgehead atoms. The van der Waals surface area contributed by atoms with E-state index in [1.54, 1.807) is 11.3 Å². The molecule has 1 aromatic rings. The maximum atomic E-state index is 9.39. The van der Waals surface area contributed by atoms with Gasteiger partial charge in [-0.3, -0.25) is 0 Å². The average Bonchev–Trinajstić information content (AvgIpc) is 2.74. The summed E-state index contributed by atoms with van der Waals surface area (Å²) < 4.78 is 0. The number of piperidine rings is 1. The summed E-state index contributed by atoms with van der Waals surface area (Å²) >= 11 is 1.65. The van der Waals surface area contributed by atoms with Gasteiger partial charge in [-0.1, -0.05) is 0 Å². The van der Waals surface area contributed by atoms with Gasteiger partial charge in [0.05, 0.1) is 11.6 Å². The molecule has 0 saturated carbocycles. The molecular weight excluding hydrogens is 196 g/mol. The Morgan fingerprint density at radius 2 is 2.64 bits per heavy atom. The number of nitrogens with one attached hydrogen (secondary N) is 1. The third kappa shape index (κ3) is 2.13. The van der Waals surface area contributed by atoms with Crippen molar-refractivity contribution in [3.8, 4) is 0 Å². The molecule has 2 rings (SSSR count). The van der Waals surface area contributed by atoms with Crippen LogP contribution in [-0.2, 0) is 0 Å². The van der Waals surface area contributed by atoms with Crippen LogP contribution < -0.4 is 5.32 Å². The zero-order valence-electron chi connectivity index (χ0n) is 8.15. The normalized spacial score (nSPS) is 24.8. The predicted octanol–water partition coefficient (Wildman–Crippen LogP) is 1.22. The predicted molar refractivity (Wildman–Crippen MR) is 57.5 cm³/mol. The Labute approximate surface area is 88.2 Å². The minimum Gasteiger partial charge on any atom is -0.396 e. The van der Waals surface area contributed by atoms with E-state index in [1.165, 1.54) is 12.8 Å².